The Labute approximate surface area is 193 Å². The minimum atomic E-state index is -5.09. The van der Waals surface area contributed by atoms with Crippen LogP contribution in [0.2, 0.25) is 0 Å². The summed E-state index contributed by atoms with van der Waals surface area (Å²) in [6.45, 7) is 1.52. The average Bonchev–Trinajstić information content (AvgIpc) is 2.81. The molecule has 1 fully saturated rings. The smallest absolute Gasteiger partial charge is 0.459 e. The Morgan fingerprint density at radius 2 is 1.97 bits per heavy atom. The first kappa shape index (κ1) is 25.0. The van der Waals surface area contributed by atoms with Crippen LogP contribution >= 0.6 is 0 Å². The number of alkyl halides is 3. The fourth-order valence-corrected chi connectivity index (χ4v) is 3.95. The molecular weight excluding hydrogens is 456 g/mol. The van der Waals surface area contributed by atoms with E-state index in [1.165, 1.54) is 29.2 Å². The van der Waals surface area contributed by atoms with Crippen molar-refractivity contribution in [2.75, 3.05) is 13.2 Å². The summed E-state index contributed by atoms with van der Waals surface area (Å²) in [7, 11) is 0. The van der Waals surface area contributed by atoms with Gasteiger partial charge in [0.25, 0.3) is 0 Å². The third-order valence-electron chi connectivity index (χ3n) is 5.80. The molecule has 1 amide bonds. The Balaban J connectivity index is 1.76. The Morgan fingerprint density at radius 3 is 2.59 bits per heavy atom. The van der Waals surface area contributed by atoms with E-state index in [-0.39, 0.29) is 25.8 Å². The van der Waals surface area contributed by atoms with Crippen LogP contribution in [0.1, 0.15) is 48.9 Å². The zero-order valence-corrected chi connectivity index (χ0v) is 18.3. The number of carbonyl (C=O) groups is 2. The van der Waals surface area contributed by atoms with Gasteiger partial charge in [0.2, 0.25) is 0 Å². The van der Waals surface area contributed by atoms with Crippen molar-refractivity contribution in [3.8, 4) is 6.07 Å². The van der Waals surface area contributed by atoms with Crippen LogP contribution in [-0.4, -0.2) is 36.3 Å². The first-order valence-electron chi connectivity index (χ1n) is 10.6. The van der Waals surface area contributed by atoms with Crippen molar-refractivity contribution in [3.05, 3.63) is 71.0 Å². The maximum absolute atomic E-state index is 13.5. The van der Waals surface area contributed by atoms with E-state index >= 15 is 0 Å². The molecule has 0 bridgehead atoms. The van der Waals surface area contributed by atoms with Gasteiger partial charge in [-0.15, -0.1) is 0 Å². The molecule has 2 aromatic carbocycles. The number of hydrogen-bond donors (Lipinski definition) is 0. The molecule has 6 nitrogen and oxygen atoms in total. The summed E-state index contributed by atoms with van der Waals surface area (Å²) >= 11 is 0. The number of rotatable bonds is 7. The van der Waals surface area contributed by atoms with Crippen molar-refractivity contribution < 1.29 is 36.6 Å². The predicted molar refractivity (Wildman–Crippen MR) is 112 cm³/mol. The van der Waals surface area contributed by atoms with E-state index in [0.717, 1.165) is 5.56 Å². The first-order chi connectivity index (χ1) is 16.1. The van der Waals surface area contributed by atoms with Crippen LogP contribution in [0.5, 0.6) is 0 Å². The molecule has 0 unspecified atom stereocenters. The summed E-state index contributed by atoms with van der Waals surface area (Å²) in [5.74, 6) is -2.78. The number of esters is 1. The van der Waals surface area contributed by atoms with Gasteiger partial charge in [-0.3, -0.25) is 0 Å². The first-order valence-corrected chi connectivity index (χ1v) is 10.6. The minimum Gasteiger partial charge on any atom is -0.459 e. The number of benzene rings is 2. The molecular formula is C24H22F4N2O4. The van der Waals surface area contributed by atoms with Crippen molar-refractivity contribution in [2.45, 2.75) is 44.0 Å². The fraction of sp³-hybridized carbons (Fsp3) is 0.375. The van der Waals surface area contributed by atoms with Crippen LogP contribution in [0.4, 0.5) is 22.4 Å². The Kier molecular flexibility index (Phi) is 7.44. The topological polar surface area (TPSA) is 79.6 Å². The Hall–Kier alpha value is -3.61. The molecule has 0 N–H and O–H groups in total. The molecule has 2 atom stereocenters. The van der Waals surface area contributed by atoms with E-state index in [1.807, 2.05) is 6.07 Å². The lowest BCUT2D eigenvalue weighted by atomic mass is 9.84. The van der Waals surface area contributed by atoms with Crippen molar-refractivity contribution in [1.82, 2.24) is 4.90 Å². The average molecular weight is 478 g/mol. The molecule has 180 valence electrons. The number of cyclic esters (lactones) is 1. The van der Waals surface area contributed by atoms with Crippen LogP contribution in [0.3, 0.4) is 0 Å². The predicted octanol–water partition coefficient (Wildman–Crippen LogP) is 5.38. The molecule has 1 aliphatic heterocycles. The molecule has 1 heterocycles. The second kappa shape index (κ2) is 10.1. The largest absolute Gasteiger partial charge is 0.490 e. The van der Waals surface area contributed by atoms with Crippen LogP contribution < -0.4 is 0 Å². The SMILES string of the molecule is C[C@@H](c1cccc(C#N)c1)N1CC[C@](CCCOC(=O)C(F)(F)F)(c2ccc(F)cc2)OC1=O. The molecule has 0 radical (unpaired) electrons. The molecule has 3 rings (SSSR count). The van der Waals surface area contributed by atoms with Crippen LogP contribution in [0.25, 0.3) is 0 Å². The van der Waals surface area contributed by atoms with Crippen molar-refractivity contribution >= 4 is 12.1 Å². The molecule has 0 spiro atoms. The standard InChI is InChI=1S/C24H22F4N2O4/c1-16(18-5-2-4-17(14-18)15-29)30-12-11-23(34-22(30)32,19-6-8-20(25)9-7-19)10-3-13-33-21(31)24(26,27)28/h2,4-9,14,16H,3,10-13H2,1H3/t16-,23+/m0/s1. The lowest BCUT2D eigenvalue weighted by Crippen LogP contribution is -2.48. The van der Waals surface area contributed by atoms with E-state index in [2.05, 4.69) is 4.74 Å². The summed E-state index contributed by atoms with van der Waals surface area (Å²) in [6.07, 6.45) is -5.41. The van der Waals surface area contributed by atoms with Gasteiger partial charge >= 0.3 is 18.2 Å². The number of hydrogen-bond acceptors (Lipinski definition) is 5. The van der Waals surface area contributed by atoms with Gasteiger partial charge in [0.15, 0.2) is 0 Å². The number of ether oxygens (including phenoxy) is 2. The lowest BCUT2D eigenvalue weighted by molar-refractivity contribution is -0.200. The van der Waals surface area contributed by atoms with Crippen molar-refractivity contribution in [3.63, 3.8) is 0 Å². The lowest BCUT2D eigenvalue weighted by Gasteiger charge is -2.43. The zero-order valence-electron chi connectivity index (χ0n) is 18.3. The van der Waals surface area contributed by atoms with Gasteiger partial charge in [-0.1, -0.05) is 24.3 Å². The molecule has 2 aromatic rings. The van der Waals surface area contributed by atoms with Gasteiger partial charge in [0.1, 0.15) is 11.4 Å². The normalized spacial score (nSPS) is 19.2. The summed E-state index contributed by atoms with van der Waals surface area (Å²) in [5, 5.41) is 9.13. The van der Waals surface area contributed by atoms with E-state index in [4.69, 9.17) is 10.00 Å². The molecule has 1 aliphatic rings. The summed E-state index contributed by atoms with van der Waals surface area (Å²) in [4.78, 5) is 25.5. The van der Waals surface area contributed by atoms with Gasteiger partial charge < -0.3 is 14.4 Å². The van der Waals surface area contributed by atoms with Crippen LogP contribution in [-0.2, 0) is 19.9 Å². The second-order valence-electron chi connectivity index (χ2n) is 7.96. The van der Waals surface area contributed by atoms with Gasteiger partial charge in [-0.2, -0.15) is 18.4 Å². The highest BCUT2D eigenvalue weighted by molar-refractivity contribution is 5.75. The molecule has 1 saturated heterocycles. The van der Waals surface area contributed by atoms with E-state index in [9.17, 15) is 27.2 Å². The number of halogens is 4. The number of carbonyl (C=O) groups excluding carboxylic acids is 2. The van der Waals surface area contributed by atoms with Gasteiger partial charge in [0, 0.05) is 13.0 Å². The van der Waals surface area contributed by atoms with Gasteiger partial charge in [-0.05, 0) is 55.2 Å². The molecule has 0 aliphatic carbocycles. The Morgan fingerprint density at radius 1 is 1.26 bits per heavy atom. The van der Waals surface area contributed by atoms with Crippen LogP contribution in [0.15, 0.2) is 48.5 Å². The molecule has 0 saturated carbocycles. The Bertz CT molecular complexity index is 1080. The highest BCUT2D eigenvalue weighted by Crippen LogP contribution is 2.40. The minimum absolute atomic E-state index is 0.00769. The highest BCUT2D eigenvalue weighted by atomic mass is 19.4. The molecule has 10 heteroatoms. The van der Waals surface area contributed by atoms with Gasteiger partial charge in [-0.25, -0.2) is 14.0 Å². The summed E-state index contributed by atoms with van der Waals surface area (Å²) in [5.41, 5.74) is 0.455. The second-order valence-corrected chi connectivity index (χ2v) is 7.96. The number of nitriles is 1. The van der Waals surface area contributed by atoms with Crippen LogP contribution in [0, 0.1) is 17.1 Å². The van der Waals surface area contributed by atoms with Crippen molar-refractivity contribution in [2.24, 2.45) is 0 Å². The zero-order chi connectivity index (χ0) is 24.9. The number of amides is 1. The highest BCUT2D eigenvalue weighted by Gasteiger charge is 2.44. The quantitative estimate of drug-likeness (QED) is 0.303. The number of nitrogens with zero attached hydrogens (tertiary/aromatic N) is 2. The van der Waals surface area contributed by atoms with Gasteiger partial charge in [0.05, 0.1) is 24.3 Å². The molecule has 0 aromatic heterocycles. The fourth-order valence-electron chi connectivity index (χ4n) is 3.95. The van der Waals surface area contributed by atoms with E-state index in [1.54, 1.807) is 31.2 Å². The maximum atomic E-state index is 13.5. The third kappa shape index (κ3) is 5.65. The summed E-state index contributed by atoms with van der Waals surface area (Å²) in [6, 6.07) is 13.8. The van der Waals surface area contributed by atoms with E-state index < -0.39 is 42.3 Å². The monoisotopic (exact) mass is 478 g/mol. The van der Waals surface area contributed by atoms with E-state index in [0.29, 0.717) is 11.1 Å². The molecule has 34 heavy (non-hydrogen) atoms. The van der Waals surface area contributed by atoms with Crippen molar-refractivity contribution in [1.29, 1.82) is 5.26 Å². The third-order valence-corrected chi connectivity index (χ3v) is 5.80. The summed E-state index contributed by atoms with van der Waals surface area (Å²) < 4.78 is 60.7. The maximum Gasteiger partial charge on any atom is 0.490 e.